The number of likely N-dealkylation sites (N-methyl/N-ethyl adjacent to an activating group) is 1. The normalized spacial score (nSPS) is 16.6. The zero-order valence-corrected chi connectivity index (χ0v) is 13.1. The van der Waals surface area contributed by atoms with Crippen LogP contribution in [0.15, 0.2) is 23.1 Å². The van der Waals surface area contributed by atoms with Gasteiger partial charge in [-0.2, -0.15) is 0 Å². The van der Waals surface area contributed by atoms with Crippen molar-refractivity contribution >= 4 is 15.7 Å². The van der Waals surface area contributed by atoms with E-state index in [0.29, 0.717) is 11.4 Å². The molecule has 1 unspecified atom stereocenters. The van der Waals surface area contributed by atoms with Gasteiger partial charge in [-0.15, -0.1) is 0 Å². The minimum atomic E-state index is -3.45. The number of anilines is 1. The van der Waals surface area contributed by atoms with Gasteiger partial charge in [-0.1, -0.05) is 6.07 Å². The lowest BCUT2D eigenvalue weighted by atomic mass is 10.0. The Labute approximate surface area is 121 Å². The Morgan fingerprint density at radius 3 is 2.85 bits per heavy atom. The summed E-state index contributed by atoms with van der Waals surface area (Å²) in [4.78, 5) is 2.40. The Bertz CT molecular complexity index is 570. The van der Waals surface area contributed by atoms with E-state index in [1.807, 2.05) is 32.0 Å². The first-order chi connectivity index (χ1) is 9.42. The first kappa shape index (κ1) is 15.3. The Morgan fingerprint density at radius 1 is 1.40 bits per heavy atom. The molecule has 1 heterocycles. The van der Waals surface area contributed by atoms with E-state index in [1.165, 1.54) is 0 Å². The molecule has 1 aromatic rings. The molecular formula is C14H23N3O2S. The number of hydrogen-bond donors (Lipinski definition) is 2. The third kappa shape index (κ3) is 3.31. The third-order valence-corrected chi connectivity index (χ3v) is 5.30. The zero-order valence-electron chi connectivity index (χ0n) is 12.3. The van der Waals surface area contributed by atoms with Crippen molar-refractivity contribution in [3.63, 3.8) is 0 Å². The summed E-state index contributed by atoms with van der Waals surface area (Å²) < 4.78 is 27.7. The molecule has 0 aromatic heterocycles. The van der Waals surface area contributed by atoms with Crippen molar-refractivity contribution in [1.29, 1.82) is 0 Å². The summed E-state index contributed by atoms with van der Waals surface area (Å²) in [7, 11) is 0.429. The van der Waals surface area contributed by atoms with Crippen molar-refractivity contribution in [2.75, 3.05) is 32.5 Å². The van der Waals surface area contributed by atoms with Crippen molar-refractivity contribution in [3.8, 4) is 0 Å². The SMILES string of the molecule is CC(CNS(=O)(=O)c1cccc2c1CCCN2)N(C)C. The van der Waals surface area contributed by atoms with Crippen LogP contribution in [-0.2, 0) is 16.4 Å². The molecule has 0 saturated carbocycles. The second-order valence-electron chi connectivity index (χ2n) is 5.48. The number of nitrogens with zero attached hydrogens (tertiary/aromatic N) is 1. The van der Waals surface area contributed by atoms with Crippen molar-refractivity contribution in [2.24, 2.45) is 0 Å². The molecule has 2 N–H and O–H groups in total. The molecule has 6 heteroatoms. The summed E-state index contributed by atoms with van der Waals surface area (Å²) >= 11 is 0. The number of benzene rings is 1. The zero-order chi connectivity index (χ0) is 14.8. The molecule has 0 fully saturated rings. The van der Waals surface area contributed by atoms with Crippen LogP contribution in [0.1, 0.15) is 18.9 Å². The molecule has 0 radical (unpaired) electrons. The van der Waals surface area contributed by atoms with Crippen LogP contribution in [0, 0.1) is 0 Å². The minimum Gasteiger partial charge on any atom is -0.385 e. The highest BCUT2D eigenvalue weighted by atomic mass is 32.2. The van der Waals surface area contributed by atoms with Gasteiger partial charge in [0, 0.05) is 24.8 Å². The summed E-state index contributed by atoms with van der Waals surface area (Å²) in [5.41, 5.74) is 1.85. The average molecular weight is 297 g/mol. The lowest BCUT2D eigenvalue weighted by Gasteiger charge is -2.23. The van der Waals surface area contributed by atoms with Crippen LogP contribution in [0.2, 0.25) is 0 Å². The van der Waals surface area contributed by atoms with Crippen LogP contribution < -0.4 is 10.0 Å². The molecule has 1 aliphatic rings. The second kappa shape index (κ2) is 6.11. The first-order valence-electron chi connectivity index (χ1n) is 6.93. The molecule has 5 nitrogen and oxygen atoms in total. The molecule has 112 valence electrons. The number of rotatable bonds is 5. The standard InChI is InChI=1S/C14H23N3O2S/c1-11(17(2)3)10-16-20(18,19)14-8-4-7-13-12(14)6-5-9-15-13/h4,7-8,11,15-16H,5-6,9-10H2,1-3H3. The van der Waals surface area contributed by atoms with E-state index in [9.17, 15) is 8.42 Å². The minimum absolute atomic E-state index is 0.155. The number of sulfonamides is 1. The van der Waals surface area contributed by atoms with E-state index >= 15 is 0 Å². The van der Waals surface area contributed by atoms with E-state index in [0.717, 1.165) is 30.6 Å². The van der Waals surface area contributed by atoms with Crippen LogP contribution in [0.25, 0.3) is 0 Å². The summed E-state index contributed by atoms with van der Waals surface area (Å²) in [5.74, 6) is 0. The highest BCUT2D eigenvalue weighted by Gasteiger charge is 2.22. The van der Waals surface area contributed by atoms with E-state index in [2.05, 4.69) is 10.0 Å². The van der Waals surface area contributed by atoms with Crippen molar-refractivity contribution < 1.29 is 8.42 Å². The number of fused-ring (bicyclic) bond motifs is 1. The quantitative estimate of drug-likeness (QED) is 0.859. The average Bonchev–Trinajstić information content (AvgIpc) is 2.44. The van der Waals surface area contributed by atoms with E-state index in [1.54, 1.807) is 12.1 Å². The Balaban J connectivity index is 2.22. The van der Waals surface area contributed by atoms with E-state index < -0.39 is 10.0 Å². The van der Waals surface area contributed by atoms with Gasteiger partial charge in [0.25, 0.3) is 0 Å². The molecule has 2 rings (SSSR count). The molecule has 0 amide bonds. The first-order valence-corrected chi connectivity index (χ1v) is 8.42. The van der Waals surface area contributed by atoms with E-state index in [-0.39, 0.29) is 6.04 Å². The molecule has 0 aliphatic carbocycles. The van der Waals surface area contributed by atoms with Gasteiger partial charge in [0.05, 0.1) is 4.90 Å². The van der Waals surface area contributed by atoms with E-state index in [4.69, 9.17) is 0 Å². The predicted octanol–water partition coefficient (Wildman–Crippen LogP) is 1.27. The molecular weight excluding hydrogens is 274 g/mol. The lowest BCUT2D eigenvalue weighted by molar-refractivity contribution is 0.314. The Kier molecular flexibility index (Phi) is 4.67. The Morgan fingerprint density at radius 2 is 2.15 bits per heavy atom. The largest absolute Gasteiger partial charge is 0.385 e. The third-order valence-electron chi connectivity index (χ3n) is 3.79. The molecule has 0 bridgehead atoms. The summed E-state index contributed by atoms with van der Waals surface area (Å²) in [6.07, 6.45) is 1.77. The van der Waals surface area contributed by atoms with Gasteiger partial charge in [0.15, 0.2) is 0 Å². The summed E-state index contributed by atoms with van der Waals surface area (Å²) in [6.45, 7) is 3.30. The predicted molar refractivity (Wildman–Crippen MR) is 81.6 cm³/mol. The summed E-state index contributed by atoms with van der Waals surface area (Å²) in [6, 6.07) is 5.58. The maximum atomic E-state index is 12.5. The van der Waals surface area contributed by atoms with Gasteiger partial charge >= 0.3 is 0 Å². The molecule has 0 spiro atoms. The maximum Gasteiger partial charge on any atom is 0.240 e. The van der Waals surface area contributed by atoms with Gasteiger partial charge in [0.2, 0.25) is 10.0 Å². The molecule has 1 aromatic carbocycles. The lowest BCUT2D eigenvalue weighted by Crippen LogP contribution is -2.38. The van der Waals surface area contributed by atoms with Crippen LogP contribution >= 0.6 is 0 Å². The fourth-order valence-electron chi connectivity index (χ4n) is 2.22. The molecule has 1 atom stereocenters. The monoisotopic (exact) mass is 297 g/mol. The topological polar surface area (TPSA) is 61.4 Å². The number of nitrogens with one attached hydrogen (secondary N) is 2. The molecule has 1 aliphatic heterocycles. The van der Waals surface area contributed by atoms with Gasteiger partial charge in [-0.05, 0) is 51.6 Å². The van der Waals surface area contributed by atoms with Gasteiger partial charge in [0.1, 0.15) is 0 Å². The van der Waals surface area contributed by atoms with Gasteiger partial charge in [-0.25, -0.2) is 13.1 Å². The van der Waals surface area contributed by atoms with Crippen molar-refractivity contribution in [3.05, 3.63) is 23.8 Å². The smallest absolute Gasteiger partial charge is 0.240 e. The van der Waals surface area contributed by atoms with Crippen molar-refractivity contribution in [2.45, 2.75) is 30.7 Å². The van der Waals surface area contributed by atoms with Gasteiger partial charge in [-0.3, -0.25) is 0 Å². The fourth-order valence-corrected chi connectivity index (χ4v) is 3.63. The van der Waals surface area contributed by atoms with Crippen LogP contribution in [0.4, 0.5) is 5.69 Å². The highest BCUT2D eigenvalue weighted by molar-refractivity contribution is 7.89. The Hall–Kier alpha value is -1.11. The number of hydrogen-bond acceptors (Lipinski definition) is 4. The summed E-state index contributed by atoms with van der Waals surface area (Å²) in [5, 5.41) is 3.26. The van der Waals surface area contributed by atoms with Crippen LogP contribution in [-0.4, -0.2) is 46.5 Å². The highest BCUT2D eigenvalue weighted by Crippen LogP contribution is 2.28. The maximum absolute atomic E-state index is 12.5. The molecule has 0 saturated heterocycles. The second-order valence-corrected chi connectivity index (χ2v) is 7.21. The molecule has 20 heavy (non-hydrogen) atoms. The van der Waals surface area contributed by atoms with Crippen molar-refractivity contribution in [1.82, 2.24) is 9.62 Å². The van der Waals surface area contributed by atoms with Crippen LogP contribution in [0.3, 0.4) is 0 Å². The fraction of sp³-hybridized carbons (Fsp3) is 0.571. The van der Waals surface area contributed by atoms with Gasteiger partial charge < -0.3 is 10.2 Å². The van der Waals surface area contributed by atoms with Crippen LogP contribution in [0.5, 0.6) is 0 Å².